The molecule has 1 amide bonds. The lowest BCUT2D eigenvalue weighted by Gasteiger charge is -2.41. The van der Waals surface area contributed by atoms with E-state index in [2.05, 4.69) is 40.3 Å². The fourth-order valence-electron chi connectivity index (χ4n) is 4.13. The van der Waals surface area contributed by atoms with E-state index in [4.69, 9.17) is 9.47 Å². The molecule has 1 atom stereocenters. The van der Waals surface area contributed by atoms with Gasteiger partial charge in [-0.2, -0.15) is 0 Å². The molecular formula is C22H27N3O3. The minimum atomic E-state index is -0.0283. The molecule has 2 aromatic rings. The maximum absolute atomic E-state index is 11.1. The summed E-state index contributed by atoms with van der Waals surface area (Å²) in [5.41, 5.74) is 2.48. The highest BCUT2D eigenvalue weighted by Gasteiger charge is 2.32. The van der Waals surface area contributed by atoms with Crippen LogP contribution in [-0.2, 0) is 17.8 Å². The molecule has 1 saturated heterocycles. The number of fused-ring (bicyclic) bond motifs is 1. The summed E-state index contributed by atoms with van der Waals surface area (Å²) in [5, 5.41) is 2.81. The second kappa shape index (κ2) is 7.70. The van der Waals surface area contributed by atoms with Gasteiger partial charge < -0.3 is 19.7 Å². The number of piperidine rings is 1. The van der Waals surface area contributed by atoms with E-state index in [1.54, 1.807) is 0 Å². The number of aromatic nitrogens is 1. The Hall–Kier alpha value is -2.76. The summed E-state index contributed by atoms with van der Waals surface area (Å²) in [5.74, 6) is 2.66. The van der Waals surface area contributed by atoms with Gasteiger partial charge in [-0.15, -0.1) is 0 Å². The number of carbonyl (C=O) groups is 1. The van der Waals surface area contributed by atoms with Gasteiger partial charge in [-0.05, 0) is 54.0 Å². The van der Waals surface area contributed by atoms with Crippen LogP contribution in [0.1, 0.15) is 37.8 Å². The van der Waals surface area contributed by atoms with Crippen molar-refractivity contribution in [3.8, 4) is 11.5 Å². The number of anilines is 1. The Bertz CT molecular complexity index is 853. The molecule has 0 radical (unpaired) electrons. The number of pyridine rings is 1. The molecule has 2 aliphatic rings. The Labute approximate surface area is 165 Å². The first kappa shape index (κ1) is 18.6. The van der Waals surface area contributed by atoms with Crippen LogP contribution in [0.15, 0.2) is 36.5 Å². The number of benzene rings is 1. The lowest BCUT2D eigenvalue weighted by molar-refractivity contribution is -0.119. The van der Waals surface area contributed by atoms with E-state index in [1.807, 2.05) is 18.3 Å². The normalized spacial score (nSPS) is 20.9. The standard InChI is InChI=1S/C22H27N3O3/c1-16(26)23-12-18-5-7-21(24-13-18)25-9-3-8-22(2,14-25)11-17-4-6-19-20(10-17)28-15-27-19/h4-7,10,13H,3,8-9,11-12,14-15H2,1-2H3,(H,23,26)/t22-/m1/s1. The molecule has 6 nitrogen and oxygen atoms in total. The molecule has 28 heavy (non-hydrogen) atoms. The largest absolute Gasteiger partial charge is 0.454 e. The summed E-state index contributed by atoms with van der Waals surface area (Å²) in [7, 11) is 0. The van der Waals surface area contributed by atoms with E-state index < -0.39 is 0 Å². The van der Waals surface area contributed by atoms with Crippen LogP contribution in [-0.4, -0.2) is 30.8 Å². The van der Waals surface area contributed by atoms with Crippen LogP contribution < -0.4 is 19.7 Å². The first-order valence-corrected chi connectivity index (χ1v) is 9.84. The van der Waals surface area contributed by atoms with Crippen molar-refractivity contribution in [1.29, 1.82) is 0 Å². The fraction of sp³-hybridized carbons (Fsp3) is 0.455. The quantitative estimate of drug-likeness (QED) is 0.861. The zero-order valence-electron chi connectivity index (χ0n) is 16.5. The smallest absolute Gasteiger partial charge is 0.231 e. The van der Waals surface area contributed by atoms with Crippen LogP contribution in [0.2, 0.25) is 0 Å². The van der Waals surface area contributed by atoms with Crippen molar-refractivity contribution in [2.45, 2.75) is 39.7 Å². The van der Waals surface area contributed by atoms with Crippen molar-refractivity contribution in [1.82, 2.24) is 10.3 Å². The van der Waals surface area contributed by atoms with E-state index in [9.17, 15) is 4.79 Å². The molecule has 6 heteroatoms. The van der Waals surface area contributed by atoms with Crippen molar-refractivity contribution in [3.63, 3.8) is 0 Å². The molecule has 0 saturated carbocycles. The lowest BCUT2D eigenvalue weighted by Crippen LogP contribution is -2.43. The van der Waals surface area contributed by atoms with E-state index >= 15 is 0 Å². The second-order valence-electron chi connectivity index (χ2n) is 8.13. The molecule has 3 heterocycles. The Morgan fingerprint density at radius 1 is 1.21 bits per heavy atom. The molecular weight excluding hydrogens is 354 g/mol. The molecule has 1 aromatic heterocycles. The monoisotopic (exact) mass is 381 g/mol. The van der Waals surface area contributed by atoms with Crippen LogP contribution in [0.5, 0.6) is 11.5 Å². The van der Waals surface area contributed by atoms with Crippen molar-refractivity contribution in [3.05, 3.63) is 47.7 Å². The Kier molecular flexibility index (Phi) is 5.11. The van der Waals surface area contributed by atoms with Gasteiger partial charge in [0.2, 0.25) is 12.7 Å². The lowest BCUT2D eigenvalue weighted by atomic mass is 9.77. The molecule has 0 bridgehead atoms. The third kappa shape index (κ3) is 4.21. The Balaban J connectivity index is 1.42. The number of ether oxygens (including phenoxy) is 2. The van der Waals surface area contributed by atoms with Crippen LogP contribution >= 0.6 is 0 Å². The number of amides is 1. The summed E-state index contributed by atoms with van der Waals surface area (Å²) >= 11 is 0. The predicted octanol–water partition coefficient (Wildman–Crippen LogP) is 3.30. The average Bonchev–Trinajstić information content (AvgIpc) is 3.14. The third-order valence-electron chi connectivity index (χ3n) is 5.52. The minimum absolute atomic E-state index is 0.0283. The number of hydrogen-bond acceptors (Lipinski definition) is 5. The van der Waals surface area contributed by atoms with Gasteiger partial charge in [0, 0.05) is 32.8 Å². The molecule has 0 spiro atoms. The average molecular weight is 381 g/mol. The van der Waals surface area contributed by atoms with Crippen LogP contribution in [0.25, 0.3) is 0 Å². The summed E-state index contributed by atoms with van der Waals surface area (Å²) in [6, 6.07) is 10.4. The SMILES string of the molecule is CC(=O)NCc1ccc(N2CCC[C@](C)(Cc3ccc4c(c3)OCO4)C2)nc1. The highest BCUT2D eigenvalue weighted by Crippen LogP contribution is 2.38. The fourth-order valence-corrected chi connectivity index (χ4v) is 4.13. The topological polar surface area (TPSA) is 63.7 Å². The van der Waals surface area contributed by atoms with Gasteiger partial charge in [0.15, 0.2) is 11.5 Å². The molecule has 1 N–H and O–H groups in total. The van der Waals surface area contributed by atoms with E-state index in [-0.39, 0.29) is 11.3 Å². The predicted molar refractivity (Wildman–Crippen MR) is 108 cm³/mol. The van der Waals surface area contributed by atoms with E-state index in [1.165, 1.54) is 18.9 Å². The van der Waals surface area contributed by atoms with Gasteiger partial charge in [0.05, 0.1) is 0 Å². The number of carbonyl (C=O) groups excluding carboxylic acids is 1. The zero-order chi connectivity index (χ0) is 19.6. The van der Waals surface area contributed by atoms with Crippen molar-refractivity contribution < 1.29 is 14.3 Å². The number of rotatable bonds is 5. The van der Waals surface area contributed by atoms with E-state index in [0.717, 1.165) is 48.8 Å². The molecule has 0 aliphatic carbocycles. The summed E-state index contributed by atoms with van der Waals surface area (Å²) < 4.78 is 11.0. The second-order valence-corrected chi connectivity index (χ2v) is 8.13. The van der Waals surface area contributed by atoms with Crippen LogP contribution in [0.4, 0.5) is 5.82 Å². The summed E-state index contributed by atoms with van der Waals surface area (Å²) in [6.45, 7) is 6.71. The van der Waals surface area contributed by atoms with Crippen LogP contribution in [0, 0.1) is 5.41 Å². The number of nitrogens with one attached hydrogen (secondary N) is 1. The maximum atomic E-state index is 11.1. The first-order valence-electron chi connectivity index (χ1n) is 9.84. The molecule has 148 valence electrons. The van der Waals surface area contributed by atoms with Gasteiger partial charge in [-0.25, -0.2) is 4.98 Å². The van der Waals surface area contributed by atoms with Crippen molar-refractivity contribution >= 4 is 11.7 Å². The van der Waals surface area contributed by atoms with E-state index in [0.29, 0.717) is 13.3 Å². The molecule has 1 aromatic carbocycles. The molecule has 0 unspecified atom stereocenters. The highest BCUT2D eigenvalue weighted by atomic mass is 16.7. The van der Waals surface area contributed by atoms with Crippen molar-refractivity contribution in [2.24, 2.45) is 5.41 Å². The first-order chi connectivity index (χ1) is 13.5. The van der Waals surface area contributed by atoms with Gasteiger partial charge in [0.1, 0.15) is 5.82 Å². The van der Waals surface area contributed by atoms with Gasteiger partial charge in [-0.1, -0.05) is 19.1 Å². The number of nitrogens with zero attached hydrogens (tertiary/aromatic N) is 2. The van der Waals surface area contributed by atoms with Gasteiger partial charge >= 0.3 is 0 Å². The maximum Gasteiger partial charge on any atom is 0.231 e. The highest BCUT2D eigenvalue weighted by molar-refractivity contribution is 5.72. The van der Waals surface area contributed by atoms with Gasteiger partial charge in [-0.3, -0.25) is 4.79 Å². The van der Waals surface area contributed by atoms with Crippen molar-refractivity contribution in [2.75, 3.05) is 24.8 Å². The Morgan fingerprint density at radius 3 is 2.82 bits per heavy atom. The van der Waals surface area contributed by atoms with Gasteiger partial charge in [0.25, 0.3) is 0 Å². The third-order valence-corrected chi connectivity index (χ3v) is 5.52. The summed E-state index contributed by atoms with van der Waals surface area (Å²) in [6.07, 6.45) is 5.20. The molecule has 4 rings (SSSR count). The zero-order valence-corrected chi connectivity index (χ0v) is 16.5. The Morgan fingerprint density at radius 2 is 2.04 bits per heavy atom. The minimum Gasteiger partial charge on any atom is -0.454 e. The number of hydrogen-bond donors (Lipinski definition) is 1. The molecule has 1 fully saturated rings. The summed E-state index contributed by atoms with van der Waals surface area (Å²) in [4.78, 5) is 18.1. The van der Waals surface area contributed by atoms with Crippen LogP contribution in [0.3, 0.4) is 0 Å². The molecule has 2 aliphatic heterocycles.